The Bertz CT molecular complexity index is 377. The van der Waals surface area contributed by atoms with Gasteiger partial charge in [0.05, 0.1) is 12.5 Å². The van der Waals surface area contributed by atoms with Crippen molar-refractivity contribution in [2.45, 2.75) is 13.3 Å². The number of benzene rings is 1. The third-order valence-corrected chi connectivity index (χ3v) is 1.76. The number of ketones is 1. The molecule has 66 valence electrons. The molecule has 0 saturated heterocycles. The lowest BCUT2D eigenvalue weighted by Gasteiger charge is -2.00. The molecule has 0 radical (unpaired) electrons. The van der Waals surface area contributed by atoms with Crippen LogP contribution < -0.4 is 0 Å². The van der Waals surface area contributed by atoms with E-state index in [1.807, 2.05) is 0 Å². The van der Waals surface area contributed by atoms with Crippen LogP contribution in [-0.2, 0) is 0 Å². The highest BCUT2D eigenvalue weighted by atomic mass is 16.3. The molecule has 1 N–H and O–H groups in total. The first kappa shape index (κ1) is 9.27. The zero-order valence-corrected chi connectivity index (χ0v) is 7.24. The van der Waals surface area contributed by atoms with Crippen molar-refractivity contribution < 1.29 is 9.90 Å². The fourth-order valence-corrected chi connectivity index (χ4v) is 1.00. The quantitative estimate of drug-likeness (QED) is 0.697. The number of hydrogen-bond acceptors (Lipinski definition) is 3. The molecule has 0 aromatic heterocycles. The Morgan fingerprint density at radius 3 is 2.85 bits per heavy atom. The lowest BCUT2D eigenvalue weighted by molar-refractivity contribution is 0.0997. The summed E-state index contributed by atoms with van der Waals surface area (Å²) in [6, 6.07) is 6.34. The van der Waals surface area contributed by atoms with Gasteiger partial charge in [-0.2, -0.15) is 5.26 Å². The minimum Gasteiger partial charge on any atom is -0.508 e. The van der Waals surface area contributed by atoms with E-state index in [1.165, 1.54) is 12.1 Å². The summed E-state index contributed by atoms with van der Waals surface area (Å²) in [4.78, 5) is 11.2. The molecule has 0 bridgehead atoms. The van der Waals surface area contributed by atoms with Gasteiger partial charge in [-0.1, -0.05) is 0 Å². The van der Waals surface area contributed by atoms with Crippen LogP contribution in [0.2, 0.25) is 0 Å². The highest BCUT2D eigenvalue weighted by Gasteiger charge is 2.06. The van der Waals surface area contributed by atoms with Gasteiger partial charge in [-0.25, -0.2) is 0 Å². The summed E-state index contributed by atoms with van der Waals surface area (Å²) in [6.07, 6.45) is -0.121. The molecule has 1 aromatic carbocycles. The topological polar surface area (TPSA) is 61.1 Å². The van der Waals surface area contributed by atoms with E-state index in [0.29, 0.717) is 11.1 Å². The number of phenolic OH excluding ortho intramolecular Hbond substituents is 1. The Hall–Kier alpha value is -1.82. The normalized spacial score (nSPS) is 9.23. The predicted molar refractivity (Wildman–Crippen MR) is 47.4 cm³/mol. The number of carbonyl (C=O) groups is 1. The average Bonchev–Trinajstić information content (AvgIpc) is 2.10. The number of aromatic hydroxyl groups is 1. The van der Waals surface area contributed by atoms with Crippen LogP contribution >= 0.6 is 0 Å². The first-order valence-corrected chi connectivity index (χ1v) is 3.85. The summed E-state index contributed by atoms with van der Waals surface area (Å²) in [7, 11) is 0. The maximum atomic E-state index is 11.2. The van der Waals surface area contributed by atoms with Gasteiger partial charge in [-0.3, -0.25) is 4.79 Å². The zero-order chi connectivity index (χ0) is 9.84. The molecule has 3 heteroatoms. The molecule has 1 rings (SSSR count). The maximum Gasteiger partial charge on any atom is 0.176 e. The van der Waals surface area contributed by atoms with Gasteiger partial charge in [-0.05, 0) is 30.7 Å². The van der Waals surface area contributed by atoms with E-state index in [4.69, 9.17) is 5.26 Å². The Balaban J connectivity index is 2.98. The number of nitrogens with zero attached hydrogens (tertiary/aromatic N) is 1. The molecule has 3 nitrogen and oxygen atoms in total. The maximum absolute atomic E-state index is 11.2. The summed E-state index contributed by atoms with van der Waals surface area (Å²) >= 11 is 0. The van der Waals surface area contributed by atoms with Crippen molar-refractivity contribution in [1.82, 2.24) is 0 Å². The minimum atomic E-state index is -0.217. The molecular formula is C10H9NO2. The summed E-state index contributed by atoms with van der Waals surface area (Å²) in [5.74, 6) is -0.0564. The minimum absolute atomic E-state index is 0.121. The molecule has 0 unspecified atom stereocenters. The molecule has 0 atom stereocenters. The van der Waals surface area contributed by atoms with Crippen LogP contribution in [0, 0.1) is 18.3 Å². The van der Waals surface area contributed by atoms with Gasteiger partial charge in [0.1, 0.15) is 5.75 Å². The highest BCUT2D eigenvalue weighted by Crippen LogP contribution is 2.17. The van der Waals surface area contributed by atoms with Crippen molar-refractivity contribution in [3.8, 4) is 11.8 Å². The fourth-order valence-electron chi connectivity index (χ4n) is 1.00. The van der Waals surface area contributed by atoms with Crippen molar-refractivity contribution in [2.75, 3.05) is 0 Å². The van der Waals surface area contributed by atoms with Crippen LogP contribution in [0.15, 0.2) is 18.2 Å². The van der Waals surface area contributed by atoms with Crippen molar-refractivity contribution >= 4 is 5.78 Å². The Morgan fingerprint density at radius 1 is 1.62 bits per heavy atom. The highest BCUT2D eigenvalue weighted by molar-refractivity contribution is 5.97. The number of Topliss-reactive ketones (excluding diaryl/α,β-unsaturated/α-hetero) is 1. The van der Waals surface area contributed by atoms with Crippen LogP contribution in [0.25, 0.3) is 0 Å². The van der Waals surface area contributed by atoms with Crippen molar-refractivity contribution in [1.29, 1.82) is 5.26 Å². The van der Waals surface area contributed by atoms with E-state index < -0.39 is 0 Å². The second kappa shape index (κ2) is 3.72. The van der Waals surface area contributed by atoms with E-state index in [-0.39, 0.29) is 18.0 Å². The molecule has 0 spiro atoms. The van der Waals surface area contributed by atoms with Gasteiger partial charge >= 0.3 is 0 Å². The summed E-state index contributed by atoms with van der Waals surface area (Å²) in [6.45, 7) is 1.71. The number of nitriles is 1. The molecule has 0 fully saturated rings. The fraction of sp³-hybridized carbons (Fsp3) is 0.200. The number of hydrogen-bond donors (Lipinski definition) is 1. The lowest BCUT2D eigenvalue weighted by Crippen LogP contribution is -1.97. The van der Waals surface area contributed by atoms with E-state index in [1.54, 1.807) is 19.1 Å². The van der Waals surface area contributed by atoms with E-state index in [2.05, 4.69) is 0 Å². The predicted octanol–water partition coefficient (Wildman–Crippen LogP) is 1.80. The third-order valence-electron chi connectivity index (χ3n) is 1.76. The Labute approximate surface area is 76.2 Å². The van der Waals surface area contributed by atoms with Gasteiger partial charge in [0.15, 0.2) is 5.78 Å². The second-order valence-electron chi connectivity index (χ2n) is 2.76. The van der Waals surface area contributed by atoms with Crippen LogP contribution in [-0.4, -0.2) is 10.9 Å². The smallest absolute Gasteiger partial charge is 0.176 e. The molecule has 0 amide bonds. The van der Waals surface area contributed by atoms with Crippen molar-refractivity contribution in [2.24, 2.45) is 0 Å². The summed E-state index contributed by atoms with van der Waals surface area (Å²) in [5.41, 5.74) is 1.11. The Morgan fingerprint density at radius 2 is 2.31 bits per heavy atom. The standard InChI is InChI=1S/C10H9NO2/c1-7-6-8(2-3-9(7)12)10(13)4-5-11/h2-3,6,12H,4H2,1H3. The number of aryl methyl sites for hydroxylation is 1. The van der Waals surface area contributed by atoms with Crippen LogP contribution in [0.4, 0.5) is 0 Å². The van der Waals surface area contributed by atoms with Gasteiger partial charge in [0, 0.05) is 5.56 Å². The largest absolute Gasteiger partial charge is 0.508 e. The van der Waals surface area contributed by atoms with E-state index in [9.17, 15) is 9.90 Å². The molecular weight excluding hydrogens is 166 g/mol. The monoisotopic (exact) mass is 175 g/mol. The second-order valence-corrected chi connectivity index (χ2v) is 2.76. The van der Waals surface area contributed by atoms with Crippen molar-refractivity contribution in [3.05, 3.63) is 29.3 Å². The summed E-state index contributed by atoms with van der Waals surface area (Å²) < 4.78 is 0. The molecule has 13 heavy (non-hydrogen) atoms. The Kier molecular flexibility index (Phi) is 2.65. The van der Waals surface area contributed by atoms with E-state index in [0.717, 1.165) is 0 Å². The van der Waals surface area contributed by atoms with Gasteiger partial charge in [0.2, 0.25) is 0 Å². The average molecular weight is 175 g/mol. The van der Waals surface area contributed by atoms with Gasteiger partial charge < -0.3 is 5.11 Å². The SMILES string of the molecule is Cc1cc(C(=O)CC#N)ccc1O. The lowest BCUT2D eigenvalue weighted by atomic mass is 10.1. The van der Waals surface area contributed by atoms with Crippen LogP contribution in [0.1, 0.15) is 22.3 Å². The van der Waals surface area contributed by atoms with Crippen molar-refractivity contribution in [3.63, 3.8) is 0 Å². The number of phenols is 1. The first-order chi connectivity index (χ1) is 6.15. The number of carbonyl (C=O) groups excluding carboxylic acids is 1. The molecule has 0 aliphatic heterocycles. The molecule has 1 aromatic rings. The van der Waals surface area contributed by atoms with Gasteiger partial charge in [0.25, 0.3) is 0 Å². The molecule has 0 saturated carbocycles. The molecule has 0 aliphatic carbocycles. The summed E-state index contributed by atoms with van der Waals surface area (Å²) in [5, 5.41) is 17.5. The van der Waals surface area contributed by atoms with Crippen LogP contribution in [0.3, 0.4) is 0 Å². The molecule has 0 heterocycles. The first-order valence-electron chi connectivity index (χ1n) is 3.85. The third kappa shape index (κ3) is 2.06. The van der Waals surface area contributed by atoms with E-state index >= 15 is 0 Å². The van der Waals surface area contributed by atoms with Crippen LogP contribution in [0.5, 0.6) is 5.75 Å². The number of rotatable bonds is 2. The zero-order valence-electron chi connectivity index (χ0n) is 7.24. The molecule has 0 aliphatic rings. The van der Waals surface area contributed by atoms with Gasteiger partial charge in [-0.15, -0.1) is 0 Å².